The molecule has 0 aliphatic heterocycles. The summed E-state index contributed by atoms with van der Waals surface area (Å²) in [5.74, 6) is 0.324. The van der Waals surface area contributed by atoms with E-state index in [0.717, 1.165) is 0 Å². The topological polar surface area (TPSA) is 0 Å². The first-order chi connectivity index (χ1) is 4.86. The molecule has 0 heterocycles. The highest BCUT2D eigenvalue weighted by molar-refractivity contribution is 5.37. The fraction of sp³-hybridized carbons (Fsp3) is 0.111. The third-order valence-corrected chi connectivity index (χ3v) is 1.64. The van der Waals surface area contributed by atoms with Crippen molar-refractivity contribution in [2.45, 2.75) is 5.92 Å². The van der Waals surface area contributed by atoms with Crippen molar-refractivity contribution in [2.24, 2.45) is 0 Å². The minimum absolute atomic E-state index is 0.163. The van der Waals surface area contributed by atoms with E-state index < -0.39 is 0 Å². The predicted molar refractivity (Wildman–Crippen MR) is 38.3 cm³/mol. The highest BCUT2D eigenvalue weighted by atomic mass is 19.1. The molecule has 0 radical (unpaired) electrons. The Bertz CT molecular complexity index is 253. The SMILES string of the molecule is Fc1ccc(C2C=C2)cc1. The molecule has 1 aliphatic carbocycles. The molecular weight excluding hydrogens is 127 g/mol. The van der Waals surface area contributed by atoms with Crippen LogP contribution in [-0.4, -0.2) is 0 Å². The van der Waals surface area contributed by atoms with Crippen molar-refractivity contribution >= 4 is 0 Å². The molecular formula is C9H7F. The van der Waals surface area contributed by atoms with E-state index in [-0.39, 0.29) is 5.82 Å². The van der Waals surface area contributed by atoms with Crippen molar-refractivity contribution in [3.05, 3.63) is 47.8 Å². The number of rotatable bonds is 1. The van der Waals surface area contributed by atoms with Crippen molar-refractivity contribution in [3.63, 3.8) is 0 Å². The minimum atomic E-state index is -0.163. The van der Waals surface area contributed by atoms with Crippen molar-refractivity contribution in [3.8, 4) is 0 Å². The molecule has 0 aromatic heterocycles. The molecule has 50 valence electrons. The van der Waals surface area contributed by atoms with Crippen LogP contribution in [0.2, 0.25) is 0 Å². The summed E-state index contributed by atoms with van der Waals surface area (Å²) in [5.41, 5.74) is 1.18. The van der Waals surface area contributed by atoms with Crippen LogP contribution in [0.15, 0.2) is 36.4 Å². The van der Waals surface area contributed by atoms with Gasteiger partial charge in [-0.05, 0) is 17.7 Å². The second-order valence-electron chi connectivity index (χ2n) is 2.46. The zero-order valence-electron chi connectivity index (χ0n) is 5.42. The molecule has 1 aliphatic rings. The molecule has 1 aromatic rings. The van der Waals surface area contributed by atoms with E-state index in [1.807, 2.05) is 12.1 Å². The fourth-order valence-corrected chi connectivity index (χ4v) is 0.963. The summed E-state index contributed by atoms with van der Waals surface area (Å²) in [5, 5.41) is 0. The highest BCUT2D eigenvalue weighted by Gasteiger charge is 2.12. The van der Waals surface area contributed by atoms with E-state index in [0.29, 0.717) is 5.92 Å². The molecule has 0 saturated heterocycles. The van der Waals surface area contributed by atoms with Crippen LogP contribution in [0.4, 0.5) is 4.39 Å². The van der Waals surface area contributed by atoms with E-state index in [4.69, 9.17) is 0 Å². The highest BCUT2D eigenvalue weighted by Crippen LogP contribution is 2.29. The molecule has 10 heavy (non-hydrogen) atoms. The van der Waals surface area contributed by atoms with Gasteiger partial charge >= 0.3 is 0 Å². The molecule has 1 heteroatoms. The van der Waals surface area contributed by atoms with Gasteiger partial charge in [-0.25, -0.2) is 4.39 Å². The van der Waals surface area contributed by atoms with Gasteiger partial charge in [0, 0.05) is 5.92 Å². The molecule has 0 atom stereocenters. The first-order valence-electron chi connectivity index (χ1n) is 3.30. The molecule has 0 spiro atoms. The number of benzene rings is 1. The van der Waals surface area contributed by atoms with Crippen LogP contribution < -0.4 is 0 Å². The Morgan fingerprint density at radius 3 is 2.10 bits per heavy atom. The van der Waals surface area contributed by atoms with E-state index >= 15 is 0 Å². The standard InChI is InChI=1S/C9H7F/c10-9-5-3-8(4-6-9)7-1-2-7/h1-7H. The van der Waals surface area contributed by atoms with Crippen LogP contribution in [-0.2, 0) is 0 Å². The van der Waals surface area contributed by atoms with Crippen LogP contribution in [0.3, 0.4) is 0 Å². The van der Waals surface area contributed by atoms with E-state index in [9.17, 15) is 4.39 Å². The van der Waals surface area contributed by atoms with Crippen molar-refractivity contribution < 1.29 is 4.39 Å². The van der Waals surface area contributed by atoms with Crippen LogP contribution in [0.5, 0.6) is 0 Å². The molecule has 2 rings (SSSR count). The summed E-state index contributed by atoms with van der Waals surface area (Å²) < 4.78 is 12.4. The molecule has 0 saturated carbocycles. The van der Waals surface area contributed by atoms with Gasteiger partial charge in [0.1, 0.15) is 5.82 Å². The summed E-state index contributed by atoms with van der Waals surface area (Å²) in [6.45, 7) is 0. The average Bonchev–Trinajstić information content (AvgIpc) is 2.71. The number of hydrogen-bond acceptors (Lipinski definition) is 0. The van der Waals surface area contributed by atoms with Gasteiger partial charge in [-0.1, -0.05) is 24.3 Å². The van der Waals surface area contributed by atoms with Crippen molar-refractivity contribution in [1.82, 2.24) is 0 Å². The van der Waals surface area contributed by atoms with Crippen molar-refractivity contribution in [1.29, 1.82) is 0 Å². The lowest BCUT2D eigenvalue weighted by Gasteiger charge is -1.95. The van der Waals surface area contributed by atoms with Gasteiger partial charge in [0.25, 0.3) is 0 Å². The first-order valence-corrected chi connectivity index (χ1v) is 3.30. The van der Waals surface area contributed by atoms with Gasteiger partial charge in [-0.2, -0.15) is 0 Å². The second kappa shape index (κ2) is 1.94. The van der Waals surface area contributed by atoms with Crippen LogP contribution in [0.1, 0.15) is 11.5 Å². The lowest BCUT2D eigenvalue weighted by Crippen LogP contribution is -1.79. The fourth-order valence-electron chi connectivity index (χ4n) is 0.963. The van der Waals surface area contributed by atoms with Crippen LogP contribution in [0, 0.1) is 5.82 Å². The summed E-state index contributed by atoms with van der Waals surface area (Å²) >= 11 is 0. The maximum absolute atomic E-state index is 12.4. The Morgan fingerprint density at radius 2 is 1.60 bits per heavy atom. The molecule has 0 amide bonds. The second-order valence-corrected chi connectivity index (χ2v) is 2.46. The molecule has 0 N–H and O–H groups in total. The molecule has 0 fully saturated rings. The Morgan fingerprint density at radius 1 is 1.00 bits per heavy atom. The third kappa shape index (κ3) is 0.947. The van der Waals surface area contributed by atoms with Gasteiger partial charge in [0.05, 0.1) is 0 Å². The number of hydrogen-bond donors (Lipinski definition) is 0. The quantitative estimate of drug-likeness (QED) is 0.517. The monoisotopic (exact) mass is 134 g/mol. The number of allylic oxidation sites excluding steroid dienone is 2. The lowest BCUT2D eigenvalue weighted by molar-refractivity contribution is 0.627. The zero-order valence-corrected chi connectivity index (χ0v) is 5.42. The van der Waals surface area contributed by atoms with Crippen molar-refractivity contribution in [2.75, 3.05) is 0 Å². The first kappa shape index (κ1) is 5.66. The van der Waals surface area contributed by atoms with Gasteiger partial charge < -0.3 is 0 Å². The van der Waals surface area contributed by atoms with E-state index in [1.165, 1.54) is 17.7 Å². The molecule has 0 bridgehead atoms. The molecule has 1 aromatic carbocycles. The van der Waals surface area contributed by atoms with Gasteiger partial charge in [0.2, 0.25) is 0 Å². The molecule has 0 unspecified atom stereocenters. The number of halogens is 1. The van der Waals surface area contributed by atoms with Crippen LogP contribution in [0.25, 0.3) is 0 Å². The normalized spacial score (nSPS) is 15.7. The Labute approximate surface area is 59.0 Å². The summed E-state index contributed by atoms with van der Waals surface area (Å²) in [7, 11) is 0. The summed E-state index contributed by atoms with van der Waals surface area (Å²) in [4.78, 5) is 0. The van der Waals surface area contributed by atoms with E-state index in [2.05, 4.69) is 12.2 Å². The Kier molecular flexibility index (Phi) is 1.10. The Hall–Kier alpha value is -1.11. The lowest BCUT2D eigenvalue weighted by atomic mass is 10.1. The molecule has 0 nitrogen and oxygen atoms in total. The predicted octanol–water partition coefficient (Wildman–Crippen LogP) is 2.48. The van der Waals surface area contributed by atoms with Gasteiger partial charge in [-0.3, -0.25) is 0 Å². The Balaban J connectivity index is 2.28. The maximum Gasteiger partial charge on any atom is 0.123 e. The smallest absolute Gasteiger partial charge is 0.123 e. The third-order valence-electron chi connectivity index (χ3n) is 1.64. The van der Waals surface area contributed by atoms with Gasteiger partial charge in [-0.15, -0.1) is 0 Å². The van der Waals surface area contributed by atoms with E-state index in [1.54, 1.807) is 0 Å². The van der Waals surface area contributed by atoms with Gasteiger partial charge in [0.15, 0.2) is 0 Å². The minimum Gasteiger partial charge on any atom is -0.207 e. The zero-order chi connectivity index (χ0) is 6.97. The summed E-state index contributed by atoms with van der Waals surface area (Å²) in [6.07, 6.45) is 4.18. The maximum atomic E-state index is 12.4. The summed E-state index contributed by atoms with van der Waals surface area (Å²) in [6, 6.07) is 6.63. The largest absolute Gasteiger partial charge is 0.207 e. The van der Waals surface area contributed by atoms with Crippen LogP contribution >= 0.6 is 0 Å². The average molecular weight is 134 g/mol.